The van der Waals surface area contributed by atoms with Crippen LogP contribution in [0.5, 0.6) is 0 Å². The first kappa shape index (κ1) is 12.6. The Labute approximate surface area is 109 Å². The van der Waals surface area contributed by atoms with Gasteiger partial charge < -0.3 is 4.42 Å². The van der Waals surface area contributed by atoms with E-state index in [1.165, 1.54) is 11.1 Å². The molecule has 5 heteroatoms. The Hall–Kier alpha value is -1.88. The van der Waals surface area contributed by atoms with Crippen molar-refractivity contribution in [1.82, 2.24) is 5.43 Å². The molecule has 4 nitrogen and oxygen atoms in total. The summed E-state index contributed by atoms with van der Waals surface area (Å²) in [6.07, 6.45) is 4.64. The summed E-state index contributed by atoms with van der Waals surface area (Å²) in [5, 5.41) is 5.71. The lowest BCUT2D eigenvalue weighted by atomic mass is 10.1. The zero-order valence-electron chi connectivity index (χ0n) is 10.2. The second-order valence-corrected chi connectivity index (χ2v) is 5.09. The molecular formula is C13H14N2O2S. The zero-order chi connectivity index (χ0) is 13.0. The number of rotatable bonds is 4. The van der Waals surface area contributed by atoms with Crippen LogP contribution < -0.4 is 5.43 Å². The van der Waals surface area contributed by atoms with Crippen molar-refractivity contribution in [1.29, 1.82) is 0 Å². The molecule has 0 bridgehead atoms. The van der Waals surface area contributed by atoms with Gasteiger partial charge in [0.2, 0.25) is 0 Å². The van der Waals surface area contributed by atoms with E-state index in [0.29, 0.717) is 11.5 Å². The highest BCUT2D eigenvalue weighted by molar-refractivity contribution is 7.10. The van der Waals surface area contributed by atoms with E-state index in [-0.39, 0.29) is 5.91 Å². The van der Waals surface area contributed by atoms with Gasteiger partial charge >= 0.3 is 0 Å². The first-order chi connectivity index (χ1) is 8.66. The predicted octanol–water partition coefficient (Wildman–Crippen LogP) is 3.23. The number of nitrogens with one attached hydrogen (secondary N) is 1. The van der Waals surface area contributed by atoms with Gasteiger partial charge in [0.25, 0.3) is 5.91 Å². The number of amides is 1. The van der Waals surface area contributed by atoms with Gasteiger partial charge in [-0.2, -0.15) is 5.10 Å². The second-order valence-electron chi connectivity index (χ2n) is 4.15. The Morgan fingerprint density at radius 1 is 1.56 bits per heavy atom. The van der Waals surface area contributed by atoms with Gasteiger partial charge in [0.05, 0.1) is 24.3 Å². The van der Waals surface area contributed by atoms with Crippen LogP contribution in [-0.2, 0) is 0 Å². The number of hydrazone groups is 1. The fourth-order valence-electron chi connectivity index (χ4n) is 1.35. The van der Waals surface area contributed by atoms with Gasteiger partial charge in [-0.25, -0.2) is 5.43 Å². The molecule has 2 aromatic rings. The molecule has 94 valence electrons. The fourth-order valence-corrected chi connectivity index (χ4v) is 2.26. The van der Waals surface area contributed by atoms with Gasteiger partial charge in [-0.05, 0) is 18.1 Å². The van der Waals surface area contributed by atoms with E-state index < -0.39 is 0 Å². The first-order valence-electron chi connectivity index (χ1n) is 5.61. The van der Waals surface area contributed by atoms with Crippen molar-refractivity contribution in [2.45, 2.75) is 19.8 Å². The summed E-state index contributed by atoms with van der Waals surface area (Å²) in [6.45, 7) is 4.20. The van der Waals surface area contributed by atoms with Crippen LogP contribution in [0.25, 0.3) is 0 Å². The minimum Gasteiger partial charge on any atom is -0.472 e. The van der Waals surface area contributed by atoms with E-state index in [0.717, 1.165) is 5.56 Å². The monoisotopic (exact) mass is 262 g/mol. The maximum Gasteiger partial charge on any atom is 0.272 e. The molecule has 0 aliphatic rings. The third-order valence-electron chi connectivity index (χ3n) is 2.37. The van der Waals surface area contributed by atoms with Crippen LogP contribution in [0.15, 0.2) is 39.6 Å². The molecule has 0 aliphatic heterocycles. The van der Waals surface area contributed by atoms with Crippen molar-refractivity contribution in [2.24, 2.45) is 5.10 Å². The minimum absolute atomic E-state index is 0.196. The highest BCUT2D eigenvalue weighted by atomic mass is 32.1. The van der Waals surface area contributed by atoms with Crippen LogP contribution in [0.4, 0.5) is 0 Å². The van der Waals surface area contributed by atoms with Gasteiger partial charge in [-0.1, -0.05) is 13.8 Å². The number of carbonyl (C=O) groups excluding carboxylic acids is 1. The average Bonchev–Trinajstić information content (AvgIpc) is 2.99. The molecule has 0 aliphatic carbocycles. The van der Waals surface area contributed by atoms with E-state index in [9.17, 15) is 4.79 Å². The lowest BCUT2D eigenvalue weighted by molar-refractivity contribution is 0.0955. The van der Waals surface area contributed by atoms with Crippen molar-refractivity contribution in [3.63, 3.8) is 0 Å². The Morgan fingerprint density at radius 3 is 3.00 bits per heavy atom. The number of furan rings is 1. The summed E-state index contributed by atoms with van der Waals surface area (Å²) < 4.78 is 4.88. The molecule has 0 unspecified atom stereocenters. The highest BCUT2D eigenvalue weighted by Crippen LogP contribution is 2.22. The SMILES string of the molecule is CC(C)c1cc(C(=O)N/N=C/c2ccoc2)cs1. The van der Waals surface area contributed by atoms with Crippen molar-refractivity contribution in [3.05, 3.63) is 46.0 Å². The third-order valence-corrected chi connectivity index (χ3v) is 3.61. The normalized spacial score (nSPS) is 11.3. The Bertz CT molecular complexity index is 541. The highest BCUT2D eigenvalue weighted by Gasteiger charge is 2.09. The quantitative estimate of drug-likeness (QED) is 0.679. The molecule has 2 aromatic heterocycles. The standard InChI is InChI=1S/C13H14N2O2S/c1-9(2)12-5-11(8-18-12)13(16)15-14-6-10-3-4-17-7-10/h3-9H,1-2H3,(H,15,16)/b14-6+. The molecule has 2 rings (SSSR count). The fraction of sp³-hybridized carbons (Fsp3) is 0.231. The van der Waals surface area contributed by atoms with Crippen LogP contribution >= 0.6 is 11.3 Å². The lowest BCUT2D eigenvalue weighted by Gasteiger charge is -1.97. The molecule has 1 N–H and O–H groups in total. The largest absolute Gasteiger partial charge is 0.472 e. The van der Waals surface area contributed by atoms with Crippen LogP contribution in [0.3, 0.4) is 0 Å². The number of nitrogens with zero attached hydrogens (tertiary/aromatic N) is 1. The maximum absolute atomic E-state index is 11.8. The molecule has 0 saturated heterocycles. The van der Waals surface area contributed by atoms with E-state index in [1.54, 1.807) is 29.9 Å². The number of thiophene rings is 1. The summed E-state index contributed by atoms with van der Waals surface area (Å²) in [5.74, 6) is 0.240. The third kappa shape index (κ3) is 3.07. The van der Waals surface area contributed by atoms with Crippen molar-refractivity contribution in [2.75, 3.05) is 0 Å². The minimum atomic E-state index is -0.196. The van der Waals surface area contributed by atoms with Gasteiger partial charge in [0.15, 0.2) is 0 Å². The van der Waals surface area contributed by atoms with Crippen LogP contribution in [-0.4, -0.2) is 12.1 Å². The predicted molar refractivity (Wildman–Crippen MR) is 72.2 cm³/mol. The Kier molecular flexibility index (Phi) is 3.94. The summed E-state index contributed by atoms with van der Waals surface area (Å²) in [5.41, 5.74) is 3.94. The second kappa shape index (κ2) is 5.64. The van der Waals surface area contributed by atoms with Gasteiger partial charge in [0.1, 0.15) is 0 Å². The van der Waals surface area contributed by atoms with Gasteiger partial charge in [-0.15, -0.1) is 11.3 Å². The molecule has 18 heavy (non-hydrogen) atoms. The van der Waals surface area contributed by atoms with Crippen LogP contribution in [0, 0.1) is 0 Å². The molecule has 0 fully saturated rings. The van der Waals surface area contributed by atoms with E-state index in [2.05, 4.69) is 24.4 Å². The van der Waals surface area contributed by atoms with Crippen molar-refractivity contribution in [3.8, 4) is 0 Å². The van der Waals surface area contributed by atoms with E-state index in [1.807, 2.05) is 11.4 Å². The summed E-state index contributed by atoms with van der Waals surface area (Å²) in [6, 6.07) is 3.66. The topological polar surface area (TPSA) is 54.6 Å². The smallest absolute Gasteiger partial charge is 0.272 e. The maximum atomic E-state index is 11.8. The Morgan fingerprint density at radius 2 is 2.39 bits per heavy atom. The van der Waals surface area contributed by atoms with Crippen LogP contribution in [0.1, 0.15) is 40.6 Å². The average molecular weight is 262 g/mol. The molecule has 1 amide bonds. The number of hydrogen-bond donors (Lipinski definition) is 1. The molecular weight excluding hydrogens is 248 g/mol. The van der Waals surface area contributed by atoms with Crippen molar-refractivity contribution >= 4 is 23.5 Å². The summed E-state index contributed by atoms with van der Waals surface area (Å²) >= 11 is 1.59. The molecule has 0 radical (unpaired) electrons. The lowest BCUT2D eigenvalue weighted by Crippen LogP contribution is -2.16. The molecule has 2 heterocycles. The molecule has 0 atom stereocenters. The zero-order valence-corrected chi connectivity index (χ0v) is 11.0. The summed E-state index contributed by atoms with van der Waals surface area (Å²) in [4.78, 5) is 13.0. The molecule has 0 saturated carbocycles. The number of hydrogen-bond acceptors (Lipinski definition) is 4. The first-order valence-corrected chi connectivity index (χ1v) is 6.49. The van der Waals surface area contributed by atoms with Gasteiger partial charge in [-0.3, -0.25) is 4.79 Å². The summed E-state index contributed by atoms with van der Waals surface area (Å²) in [7, 11) is 0. The number of carbonyl (C=O) groups is 1. The van der Waals surface area contributed by atoms with Gasteiger partial charge in [0, 0.05) is 15.8 Å². The van der Waals surface area contributed by atoms with Crippen molar-refractivity contribution < 1.29 is 9.21 Å². The Balaban J connectivity index is 1.95. The van der Waals surface area contributed by atoms with E-state index in [4.69, 9.17) is 4.42 Å². The van der Waals surface area contributed by atoms with Crippen LogP contribution in [0.2, 0.25) is 0 Å². The molecule has 0 aromatic carbocycles. The molecule has 0 spiro atoms. The van der Waals surface area contributed by atoms with E-state index >= 15 is 0 Å².